The van der Waals surface area contributed by atoms with Crippen LogP contribution in [-0.2, 0) is 27.3 Å². The van der Waals surface area contributed by atoms with E-state index in [0.29, 0.717) is 43.5 Å². The quantitative estimate of drug-likeness (QED) is 0.381. The maximum Gasteiger partial charge on any atom is 0.243 e. The summed E-state index contributed by atoms with van der Waals surface area (Å²) in [7, 11) is 0. The van der Waals surface area contributed by atoms with Gasteiger partial charge in [-0.05, 0) is 44.3 Å². The number of carbonyl (C=O) groups is 3. The molecule has 1 aliphatic carbocycles. The monoisotopic (exact) mass is 419 g/mol. The van der Waals surface area contributed by atoms with Crippen LogP contribution in [0, 0.1) is 22.5 Å². The first-order valence-electron chi connectivity index (χ1n) is 10.3. The normalized spacial score (nSPS) is 22.3. The second-order valence-corrected chi connectivity index (χ2v) is 8.46. The number of likely N-dealkylation sites (tertiary alicyclic amines) is 1. The van der Waals surface area contributed by atoms with Gasteiger partial charge < -0.3 is 9.88 Å². The second-order valence-electron chi connectivity index (χ2n) is 8.08. The molecule has 9 heteroatoms. The third-order valence-electron chi connectivity index (χ3n) is 5.65. The van der Waals surface area contributed by atoms with Crippen molar-refractivity contribution in [2.45, 2.75) is 59.0 Å². The van der Waals surface area contributed by atoms with E-state index in [1.165, 1.54) is 4.90 Å². The summed E-state index contributed by atoms with van der Waals surface area (Å²) in [6.07, 6.45) is 6.01. The smallest absolute Gasteiger partial charge is 0.243 e. The van der Waals surface area contributed by atoms with Crippen LogP contribution in [0.5, 0.6) is 0 Å². The maximum absolute atomic E-state index is 13.0. The van der Waals surface area contributed by atoms with Crippen molar-refractivity contribution >= 4 is 29.9 Å². The Morgan fingerprint density at radius 1 is 1.28 bits per heavy atom. The second kappa shape index (κ2) is 9.02. The predicted octanol–water partition coefficient (Wildman–Crippen LogP) is 1.99. The van der Waals surface area contributed by atoms with E-state index >= 15 is 0 Å². The van der Waals surface area contributed by atoms with Crippen molar-refractivity contribution in [2.75, 3.05) is 6.54 Å². The molecule has 1 saturated heterocycles. The molecule has 29 heavy (non-hydrogen) atoms. The highest BCUT2D eigenvalue weighted by Crippen LogP contribution is 2.37. The molecule has 8 nitrogen and oxygen atoms in total. The van der Waals surface area contributed by atoms with Crippen molar-refractivity contribution in [2.24, 2.45) is 17.8 Å². The summed E-state index contributed by atoms with van der Waals surface area (Å²) in [6, 6.07) is -0.771. The number of H-pyrrole nitrogens is 1. The molecular weight excluding hydrogens is 390 g/mol. The Morgan fingerprint density at radius 2 is 1.90 bits per heavy atom. The van der Waals surface area contributed by atoms with Crippen LogP contribution in [0.2, 0.25) is 0 Å². The summed E-state index contributed by atoms with van der Waals surface area (Å²) in [4.78, 5) is 40.1. The lowest BCUT2D eigenvalue weighted by molar-refractivity contribution is -0.148. The van der Waals surface area contributed by atoms with Crippen LogP contribution in [0.4, 0.5) is 0 Å². The van der Waals surface area contributed by atoms with E-state index in [1.807, 2.05) is 37.5 Å². The van der Waals surface area contributed by atoms with E-state index in [9.17, 15) is 14.4 Å². The van der Waals surface area contributed by atoms with Gasteiger partial charge in [-0.1, -0.05) is 26.0 Å². The Balaban J connectivity index is 1.69. The maximum atomic E-state index is 13.0. The molecule has 3 rings (SSSR count). The highest BCUT2D eigenvalue weighted by atomic mass is 32.1. The lowest BCUT2D eigenvalue weighted by Crippen LogP contribution is -2.51. The van der Waals surface area contributed by atoms with Gasteiger partial charge in [0.1, 0.15) is 11.9 Å². The fourth-order valence-electron chi connectivity index (χ4n) is 4.19. The molecule has 1 aromatic heterocycles. The average molecular weight is 420 g/mol. The number of imide groups is 1. The van der Waals surface area contributed by atoms with Gasteiger partial charge in [-0.2, -0.15) is 5.10 Å². The van der Waals surface area contributed by atoms with Crippen molar-refractivity contribution < 1.29 is 14.4 Å². The van der Waals surface area contributed by atoms with Gasteiger partial charge in [0.15, 0.2) is 4.77 Å². The van der Waals surface area contributed by atoms with Crippen molar-refractivity contribution in [3.05, 3.63) is 22.7 Å². The first-order valence-corrected chi connectivity index (χ1v) is 10.7. The third-order valence-corrected chi connectivity index (χ3v) is 5.96. The van der Waals surface area contributed by atoms with Gasteiger partial charge in [0.2, 0.25) is 17.7 Å². The largest absolute Gasteiger partial charge is 0.354 e. The number of amides is 3. The minimum atomic E-state index is -0.771. The summed E-state index contributed by atoms with van der Waals surface area (Å²) < 4.78 is 2.43. The molecule has 2 heterocycles. The van der Waals surface area contributed by atoms with Gasteiger partial charge in [0.05, 0.1) is 11.8 Å². The topological polar surface area (TPSA) is 100 Å². The Hall–Kier alpha value is -2.29. The fraction of sp³-hybridized carbons (Fsp3) is 0.650. The van der Waals surface area contributed by atoms with Gasteiger partial charge in [0, 0.05) is 19.5 Å². The van der Waals surface area contributed by atoms with E-state index in [4.69, 9.17) is 12.2 Å². The van der Waals surface area contributed by atoms with E-state index < -0.39 is 6.04 Å². The summed E-state index contributed by atoms with van der Waals surface area (Å²) in [5.74, 6) is -0.425. The lowest BCUT2D eigenvalue weighted by Gasteiger charge is -2.27. The van der Waals surface area contributed by atoms with Crippen LogP contribution in [-0.4, -0.2) is 50.0 Å². The third kappa shape index (κ3) is 4.34. The zero-order valence-corrected chi connectivity index (χ0v) is 18.0. The summed E-state index contributed by atoms with van der Waals surface area (Å²) in [5, 5.41) is 9.85. The first-order chi connectivity index (χ1) is 13.8. The standard InChI is InChI=1S/C20H29N5O3S/c1-4-24-16(22-23-20(24)29)9-10-21-17(26)15(11-12(2)3)25-18(27)13-7-5-6-8-14(13)19(25)28/h5-6,12-15H,4,7-11H2,1-3H3,(H,21,26)(H,23,29). The molecule has 0 bridgehead atoms. The number of nitrogens with zero attached hydrogens (tertiary/aromatic N) is 3. The molecular formula is C20H29N5O3S. The Morgan fingerprint density at radius 3 is 2.45 bits per heavy atom. The molecule has 3 unspecified atom stereocenters. The number of hydrogen-bond donors (Lipinski definition) is 2. The van der Waals surface area contributed by atoms with E-state index in [1.54, 1.807) is 0 Å². The van der Waals surface area contributed by atoms with Crippen LogP contribution < -0.4 is 5.32 Å². The molecule has 3 atom stereocenters. The first kappa shape index (κ1) is 21.4. The Bertz CT molecular complexity index is 846. The summed E-state index contributed by atoms with van der Waals surface area (Å²) in [5.41, 5.74) is 0. The molecule has 0 saturated carbocycles. The Kier molecular flexibility index (Phi) is 6.66. The minimum absolute atomic E-state index is 0.170. The zero-order valence-electron chi connectivity index (χ0n) is 17.2. The number of rotatable bonds is 8. The number of aromatic nitrogens is 3. The van der Waals surface area contributed by atoms with Crippen molar-refractivity contribution in [3.63, 3.8) is 0 Å². The van der Waals surface area contributed by atoms with Gasteiger partial charge in [-0.15, -0.1) is 0 Å². The molecule has 1 aliphatic heterocycles. The number of fused-ring (bicyclic) bond motifs is 1. The van der Waals surface area contributed by atoms with Crippen LogP contribution in [0.3, 0.4) is 0 Å². The number of allylic oxidation sites excluding steroid dienone is 2. The highest BCUT2D eigenvalue weighted by Gasteiger charge is 2.51. The summed E-state index contributed by atoms with van der Waals surface area (Å²) in [6.45, 7) is 7.00. The van der Waals surface area contributed by atoms with Crippen molar-refractivity contribution in [3.8, 4) is 0 Å². The lowest BCUT2D eigenvalue weighted by atomic mass is 9.85. The van der Waals surface area contributed by atoms with Gasteiger partial charge in [-0.3, -0.25) is 24.4 Å². The van der Waals surface area contributed by atoms with Gasteiger partial charge in [-0.25, -0.2) is 0 Å². The van der Waals surface area contributed by atoms with Crippen LogP contribution >= 0.6 is 12.2 Å². The molecule has 0 radical (unpaired) electrons. The number of hydrogen-bond acceptors (Lipinski definition) is 5. The van der Waals surface area contributed by atoms with E-state index in [0.717, 1.165) is 5.82 Å². The van der Waals surface area contributed by atoms with Crippen molar-refractivity contribution in [1.29, 1.82) is 0 Å². The van der Waals surface area contributed by atoms with Crippen molar-refractivity contribution in [1.82, 2.24) is 25.0 Å². The number of aromatic amines is 1. The molecule has 2 aliphatic rings. The van der Waals surface area contributed by atoms with Crippen LogP contribution in [0.1, 0.15) is 45.9 Å². The number of carbonyl (C=O) groups excluding carboxylic acids is 3. The highest BCUT2D eigenvalue weighted by molar-refractivity contribution is 7.71. The fourth-order valence-corrected chi connectivity index (χ4v) is 4.47. The minimum Gasteiger partial charge on any atom is -0.354 e. The molecule has 2 N–H and O–H groups in total. The van der Waals surface area contributed by atoms with Crippen LogP contribution in [0.25, 0.3) is 0 Å². The van der Waals surface area contributed by atoms with E-state index in [-0.39, 0.29) is 35.5 Å². The van der Waals surface area contributed by atoms with E-state index in [2.05, 4.69) is 15.5 Å². The number of nitrogens with one attached hydrogen (secondary N) is 2. The predicted molar refractivity (Wildman–Crippen MR) is 110 cm³/mol. The molecule has 0 spiro atoms. The van der Waals surface area contributed by atoms with Gasteiger partial charge >= 0.3 is 0 Å². The molecule has 1 fully saturated rings. The molecule has 158 valence electrons. The zero-order chi connectivity index (χ0) is 21.1. The summed E-state index contributed by atoms with van der Waals surface area (Å²) >= 11 is 5.18. The SMILES string of the molecule is CCn1c(CCNC(=O)C(CC(C)C)N2C(=O)C3CC=CCC3C2=O)n[nH]c1=S. The van der Waals surface area contributed by atoms with Gasteiger partial charge in [0.25, 0.3) is 0 Å². The average Bonchev–Trinajstić information content (AvgIpc) is 3.17. The molecule has 1 aromatic rings. The van der Waals surface area contributed by atoms with Crippen LogP contribution in [0.15, 0.2) is 12.2 Å². The molecule has 0 aromatic carbocycles. The molecule has 3 amide bonds. The Labute approximate surface area is 175 Å².